The van der Waals surface area contributed by atoms with Gasteiger partial charge in [0.2, 0.25) is 11.8 Å². The molecule has 1 fully saturated rings. The van der Waals surface area contributed by atoms with Crippen molar-refractivity contribution in [1.29, 1.82) is 0 Å². The Balaban J connectivity index is 1.34. The number of likely N-dealkylation sites (tertiary alicyclic amines) is 1. The molecule has 2 aromatic rings. The van der Waals surface area contributed by atoms with Crippen LogP contribution in [0.25, 0.3) is 0 Å². The van der Waals surface area contributed by atoms with E-state index in [9.17, 15) is 4.79 Å². The number of amides is 1. The van der Waals surface area contributed by atoms with Gasteiger partial charge in [-0.25, -0.2) is 0 Å². The summed E-state index contributed by atoms with van der Waals surface area (Å²) in [6.45, 7) is 6.96. The van der Waals surface area contributed by atoms with Crippen molar-refractivity contribution in [2.75, 3.05) is 18.8 Å². The number of hydrogen-bond acceptors (Lipinski definition) is 6. The Kier molecular flexibility index (Phi) is 6.68. The summed E-state index contributed by atoms with van der Waals surface area (Å²) in [5.41, 5.74) is 2.74. The zero-order valence-corrected chi connectivity index (χ0v) is 16.2. The first kappa shape index (κ1) is 18.9. The van der Waals surface area contributed by atoms with Gasteiger partial charge in [-0.2, -0.15) is 4.98 Å². The van der Waals surface area contributed by atoms with Crippen LogP contribution in [-0.2, 0) is 17.1 Å². The van der Waals surface area contributed by atoms with Crippen LogP contribution in [0.4, 0.5) is 0 Å². The van der Waals surface area contributed by atoms with E-state index in [1.165, 1.54) is 22.9 Å². The number of nitrogens with zero attached hydrogens (tertiary/aromatic N) is 3. The molecule has 140 valence electrons. The number of aryl methyl sites for hydroxylation is 2. The Morgan fingerprint density at radius 1 is 1.31 bits per heavy atom. The first-order valence-electron chi connectivity index (χ1n) is 9.03. The van der Waals surface area contributed by atoms with Crippen LogP contribution >= 0.6 is 11.8 Å². The topological polar surface area (TPSA) is 71.3 Å². The Morgan fingerprint density at radius 2 is 2.08 bits per heavy atom. The first-order chi connectivity index (χ1) is 12.6. The maximum atomic E-state index is 12.1. The molecule has 26 heavy (non-hydrogen) atoms. The van der Waals surface area contributed by atoms with Crippen molar-refractivity contribution >= 4 is 17.7 Å². The van der Waals surface area contributed by atoms with E-state index in [1.807, 2.05) is 0 Å². The second-order valence-electron chi connectivity index (χ2n) is 6.77. The highest BCUT2D eigenvalue weighted by atomic mass is 32.2. The standard InChI is InChI=1S/C19H26N4O2S/c1-14-5-3-4-6-16(14)11-23-9-7-17(8-10-23)21-19(24)13-26-12-18-20-15(2)25-22-18/h3-6,17H,7-13H2,1-2H3,(H,21,24). The summed E-state index contributed by atoms with van der Waals surface area (Å²) in [5, 5.41) is 6.99. The van der Waals surface area contributed by atoms with Crippen LogP contribution in [-0.4, -0.2) is 45.8 Å². The molecule has 0 aliphatic carbocycles. The maximum absolute atomic E-state index is 12.1. The van der Waals surface area contributed by atoms with Gasteiger partial charge in [0, 0.05) is 32.6 Å². The number of benzene rings is 1. The molecule has 0 bridgehead atoms. The fraction of sp³-hybridized carbons (Fsp3) is 0.526. The molecule has 0 atom stereocenters. The largest absolute Gasteiger partial charge is 0.353 e. The highest BCUT2D eigenvalue weighted by molar-refractivity contribution is 7.99. The average Bonchev–Trinajstić information content (AvgIpc) is 3.04. The van der Waals surface area contributed by atoms with Gasteiger partial charge in [0.15, 0.2) is 5.82 Å². The van der Waals surface area contributed by atoms with Gasteiger partial charge in [-0.1, -0.05) is 29.4 Å². The molecule has 2 heterocycles. The van der Waals surface area contributed by atoms with E-state index in [0.29, 0.717) is 23.2 Å². The molecule has 0 unspecified atom stereocenters. The van der Waals surface area contributed by atoms with Crippen molar-refractivity contribution in [2.45, 2.75) is 45.0 Å². The maximum Gasteiger partial charge on any atom is 0.230 e. The van der Waals surface area contributed by atoms with Crippen molar-refractivity contribution in [3.05, 3.63) is 47.1 Å². The normalized spacial score (nSPS) is 15.9. The van der Waals surface area contributed by atoms with Gasteiger partial charge in [-0.3, -0.25) is 9.69 Å². The number of rotatable bonds is 7. The van der Waals surface area contributed by atoms with Crippen LogP contribution in [0.1, 0.15) is 35.7 Å². The lowest BCUT2D eigenvalue weighted by Crippen LogP contribution is -2.44. The molecule has 0 saturated carbocycles. The fourth-order valence-corrected chi connectivity index (χ4v) is 3.84. The monoisotopic (exact) mass is 374 g/mol. The van der Waals surface area contributed by atoms with Gasteiger partial charge >= 0.3 is 0 Å². The minimum atomic E-state index is 0.0903. The number of carbonyl (C=O) groups excluding carboxylic acids is 1. The zero-order valence-electron chi connectivity index (χ0n) is 15.4. The predicted octanol–water partition coefficient (Wildman–Crippen LogP) is 2.70. The Hall–Kier alpha value is -1.86. The molecule has 1 aliphatic heterocycles. The Bertz CT molecular complexity index is 726. The molecule has 1 amide bonds. The SMILES string of the molecule is Cc1nc(CSCC(=O)NC2CCN(Cc3ccccc3C)CC2)no1. The van der Waals surface area contributed by atoms with Gasteiger partial charge in [-0.15, -0.1) is 11.8 Å². The third-order valence-electron chi connectivity index (χ3n) is 4.64. The fourth-order valence-electron chi connectivity index (χ4n) is 3.17. The molecular weight excluding hydrogens is 348 g/mol. The zero-order chi connectivity index (χ0) is 18.4. The van der Waals surface area contributed by atoms with Crippen molar-refractivity contribution < 1.29 is 9.32 Å². The van der Waals surface area contributed by atoms with Crippen LogP contribution < -0.4 is 5.32 Å². The van der Waals surface area contributed by atoms with E-state index in [4.69, 9.17) is 4.52 Å². The lowest BCUT2D eigenvalue weighted by atomic mass is 10.0. The summed E-state index contributed by atoms with van der Waals surface area (Å²) in [5.74, 6) is 2.32. The van der Waals surface area contributed by atoms with Gasteiger partial charge in [0.25, 0.3) is 0 Å². The number of piperidine rings is 1. The molecule has 1 N–H and O–H groups in total. The van der Waals surface area contributed by atoms with Crippen molar-refractivity contribution in [3.8, 4) is 0 Å². The van der Waals surface area contributed by atoms with Gasteiger partial charge in [0.05, 0.1) is 11.5 Å². The van der Waals surface area contributed by atoms with Crippen LogP contribution in [0.5, 0.6) is 0 Å². The summed E-state index contributed by atoms with van der Waals surface area (Å²) in [4.78, 5) is 18.7. The summed E-state index contributed by atoms with van der Waals surface area (Å²) in [6, 6.07) is 8.83. The highest BCUT2D eigenvalue weighted by Gasteiger charge is 2.21. The summed E-state index contributed by atoms with van der Waals surface area (Å²) < 4.78 is 4.92. The molecule has 1 aromatic carbocycles. The molecule has 1 aliphatic rings. The van der Waals surface area contributed by atoms with E-state index in [-0.39, 0.29) is 11.9 Å². The van der Waals surface area contributed by atoms with E-state index in [2.05, 4.69) is 51.5 Å². The molecule has 7 heteroatoms. The lowest BCUT2D eigenvalue weighted by Gasteiger charge is -2.32. The van der Waals surface area contributed by atoms with Gasteiger partial charge in [-0.05, 0) is 30.9 Å². The summed E-state index contributed by atoms with van der Waals surface area (Å²) in [6.07, 6.45) is 2.01. The van der Waals surface area contributed by atoms with E-state index in [0.717, 1.165) is 32.5 Å². The smallest absolute Gasteiger partial charge is 0.230 e. The summed E-state index contributed by atoms with van der Waals surface area (Å²) in [7, 11) is 0. The Morgan fingerprint density at radius 3 is 2.77 bits per heavy atom. The number of thioether (sulfide) groups is 1. The third-order valence-corrected chi connectivity index (χ3v) is 5.57. The molecular formula is C19H26N4O2S. The molecule has 0 radical (unpaired) electrons. The average molecular weight is 375 g/mol. The Labute approximate surface area is 158 Å². The second-order valence-corrected chi connectivity index (χ2v) is 7.75. The van der Waals surface area contributed by atoms with Crippen LogP contribution in [0.2, 0.25) is 0 Å². The molecule has 1 saturated heterocycles. The van der Waals surface area contributed by atoms with Crippen molar-refractivity contribution in [2.24, 2.45) is 0 Å². The highest BCUT2D eigenvalue weighted by Crippen LogP contribution is 2.16. The molecule has 6 nitrogen and oxygen atoms in total. The molecule has 0 spiro atoms. The third kappa shape index (κ3) is 5.57. The number of carbonyl (C=O) groups is 1. The quantitative estimate of drug-likeness (QED) is 0.803. The lowest BCUT2D eigenvalue weighted by molar-refractivity contribution is -0.119. The first-order valence-corrected chi connectivity index (χ1v) is 10.2. The van der Waals surface area contributed by atoms with Crippen LogP contribution in [0, 0.1) is 13.8 Å². The number of nitrogens with one attached hydrogen (secondary N) is 1. The number of aromatic nitrogens is 2. The summed E-state index contributed by atoms with van der Waals surface area (Å²) >= 11 is 1.51. The number of hydrogen-bond donors (Lipinski definition) is 1. The molecule has 3 rings (SSSR count). The van der Waals surface area contributed by atoms with Gasteiger partial charge in [0.1, 0.15) is 0 Å². The van der Waals surface area contributed by atoms with Gasteiger partial charge < -0.3 is 9.84 Å². The van der Waals surface area contributed by atoms with E-state index < -0.39 is 0 Å². The second kappa shape index (κ2) is 9.19. The molecule has 1 aromatic heterocycles. The minimum absolute atomic E-state index is 0.0903. The minimum Gasteiger partial charge on any atom is -0.353 e. The predicted molar refractivity (Wildman–Crippen MR) is 103 cm³/mol. The van der Waals surface area contributed by atoms with Crippen molar-refractivity contribution in [3.63, 3.8) is 0 Å². The van der Waals surface area contributed by atoms with Crippen LogP contribution in [0.3, 0.4) is 0 Å². The van der Waals surface area contributed by atoms with E-state index in [1.54, 1.807) is 6.92 Å². The van der Waals surface area contributed by atoms with E-state index >= 15 is 0 Å². The van der Waals surface area contributed by atoms with Crippen molar-refractivity contribution in [1.82, 2.24) is 20.4 Å². The van der Waals surface area contributed by atoms with Crippen LogP contribution in [0.15, 0.2) is 28.8 Å².